The molecule has 0 amide bonds. The molecule has 2 heteroatoms. The maximum atomic E-state index is 3.52. The van der Waals surface area contributed by atoms with E-state index in [0.29, 0.717) is 6.04 Å². The van der Waals surface area contributed by atoms with Gasteiger partial charge in [0.2, 0.25) is 0 Å². The van der Waals surface area contributed by atoms with E-state index in [4.69, 9.17) is 0 Å². The van der Waals surface area contributed by atoms with E-state index in [0.717, 1.165) is 6.54 Å². The van der Waals surface area contributed by atoms with E-state index < -0.39 is 0 Å². The SMILES string of the molecule is C[C@H](NCc1ccccc1)c1ccccc1.[LiH]. The van der Waals surface area contributed by atoms with Crippen LogP contribution in [0.5, 0.6) is 0 Å². The number of benzene rings is 2. The molecule has 0 aliphatic rings. The van der Waals surface area contributed by atoms with Crippen LogP contribution < -0.4 is 5.32 Å². The van der Waals surface area contributed by atoms with Crippen LogP contribution in [-0.2, 0) is 6.54 Å². The monoisotopic (exact) mass is 219 g/mol. The number of rotatable bonds is 4. The molecule has 0 heterocycles. The van der Waals surface area contributed by atoms with Crippen molar-refractivity contribution in [3.8, 4) is 0 Å². The van der Waals surface area contributed by atoms with Crippen molar-refractivity contribution in [1.82, 2.24) is 5.32 Å². The van der Waals surface area contributed by atoms with Crippen molar-refractivity contribution < 1.29 is 0 Å². The van der Waals surface area contributed by atoms with Gasteiger partial charge in [-0.25, -0.2) is 0 Å². The molecule has 0 aromatic heterocycles. The molecule has 1 N–H and O–H groups in total. The van der Waals surface area contributed by atoms with Gasteiger partial charge in [-0.15, -0.1) is 0 Å². The zero-order chi connectivity index (χ0) is 11.2. The summed E-state index contributed by atoms with van der Waals surface area (Å²) in [6.45, 7) is 3.11. The van der Waals surface area contributed by atoms with Crippen molar-refractivity contribution in [3.63, 3.8) is 0 Å². The molecule has 2 rings (SSSR count). The third-order valence-corrected chi connectivity index (χ3v) is 2.75. The van der Waals surface area contributed by atoms with Crippen LogP contribution in [0, 0.1) is 0 Å². The molecule has 0 saturated heterocycles. The van der Waals surface area contributed by atoms with E-state index in [-0.39, 0.29) is 18.9 Å². The Labute approximate surface area is 115 Å². The first-order valence-electron chi connectivity index (χ1n) is 5.68. The summed E-state index contributed by atoms with van der Waals surface area (Å²) in [4.78, 5) is 0. The number of hydrogen-bond donors (Lipinski definition) is 1. The fourth-order valence-electron chi connectivity index (χ4n) is 1.73. The van der Waals surface area contributed by atoms with Gasteiger partial charge in [0.1, 0.15) is 0 Å². The molecule has 1 atom stereocenters. The van der Waals surface area contributed by atoms with Crippen LogP contribution in [0.25, 0.3) is 0 Å². The van der Waals surface area contributed by atoms with E-state index in [1.54, 1.807) is 0 Å². The van der Waals surface area contributed by atoms with E-state index in [1.165, 1.54) is 11.1 Å². The standard InChI is InChI=1S/C15H17N.Li.H/c1-13(15-10-6-3-7-11-15)16-12-14-8-4-2-5-9-14;;/h2-11,13,16H,12H2,1H3;;/t13-;;/m0../s1. The summed E-state index contributed by atoms with van der Waals surface area (Å²) in [5.41, 5.74) is 2.66. The zero-order valence-electron chi connectivity index (χ0n) is 9.56. The second-order valence-corrected chi connectivity index (χ2v) is 4.00. The molecule has 0 aliphatic heterocycles. The molecular formula is C15H18LiN. The average Bonchev–Trinajstić information content (AvgIpc) is 2.38. The molecule has 0 unspecified atom stereocenters. The van der Waals surface area contributed by atoms with Gasteiger partial charge in [0.25, 0.3) is 0 Å². The molecule has 2 aromatic carbocycles. The Balaban J connectivity index is 0.00000144. The van der Waals surface area contributed by atoms with E-state index >= 15 is 0 Å². The maximum absolute atomic E-state index is 3.52. The van der Waals surface area contributed by atoms with Crippen molar-refractivity contribution in [1.29, 1.82) is 0 Å². The van der Waals surface area contributed by atoms with Crippen LogP contribution in [0.2, 0.25) is 0 Å². The molecule has 84 valence electrons. The van der Waals surface area contributed by atoms with Gasteiger partial charge in [-0.05, 0) is 18.1 Å². The van der Waals surface area contributed by atoms with Gasteiger partial charge in [-0.2, -0.15) is 0 Å². The van der Waals surface area contributed by atoms with Gasteiger partial charge in [0, 0.05) is 12.6 Å². The third kappa shape index (κ3) is 4.40. The molecular weight excluding hydrogens is 201 g/mol. The van der Waals surface area contributed by atoms with Crippen LogP contribution in [0.4, 0.5) is 0 Å². The molecule has 0 bridgehead atoms. The normalized spacial score (nSPS) is 11.6. The minimum atomic E-state index is 0. The summed E-state index contributed by atoms with van der Waals surface area (Å²) in [6, 6.07) is 21.4. The van der Waals surface area contributed by atoms with Crippen LogP contribution in [0.3, 0.4) is 0 Å². The van der Waals surface area contributed by atoms with E-state index in [2.05, 4.69) is 60.8 Å². The molecule has 0 aliphatic carbocycles. The fraction of sp³-hybridized carbons (Fsp3) is 0.200. The molecule has 1 nitrogen and oxygen atoms in total. The quantitative estimate of drug-likeness (QED) is 0.780. The molecule has 0 saturated carbocycles. The average molecular weight is 219 g/mol. The van der Waals surface area contributed by atoms with E-state index in [1.807, 2.05) is 12.1 Å². The van der Waals surface area contributed by atoms with Crippen LogP contribution in [0.15, 0.2) is 60.7 Å². The van der Waals surface area contributed by atoms with Gasteiger partial charge in [0.05, 0.1) is 0 Å². The summed E-state index contributed by atoms with van der Waals surface area (Å²) in [6.07, 6.45) is 0. The Morgan fingerprint density at radius 3 is 2.00 bits per heavy atom. The minimum absolute atomic E-state index is 0. The first-order valence-corrected chi connectivity index (χ1v) is 5.68. The molecule has 0 fully saturated rings. The third-order valence-electron chi connectivity index (χ3n) is 2.75. The van der Waals surface area contributed by atoms with Gasteiger partial charge >= 0.3 is 18.9 Å². The predicted molar refractivity (Wildman–Crippen MR) is 75.3 cm³/mol. The fourth-order valence-corrected chi connectivity index (χ4v) is 1.73. The first-order chi connectivity index (χ1) is 7.86. The Kier molecular flexibility index (Phi) is 6.08. The summed E-state index contributed by atoms with van der Waals surface area (Å²) in [5, 5.41) is 3.52. The predicted octanol–water partition coefficient (Wildman–Crippen LogP) is 2.89. The topological polar surface area (TPSA) is 12.0 Å². The van der Waals surface area contributed by atoms with Crippen molar-refractivity contribution in [2.45, 2.75) is 19.5 Å². The van der Waals surface area contributed by atoms with Gasteiger partial charge in [-0.3, -0.25) is 0 Å². The summed E-state index contributed by atoms with van der Waals surface area (Å²) in [7, 11) is 0. The first kappa shape index (κ1) is 14.1. The Morgan fingerprint density at radius 1 is 0.882 bits per heavy atom. The number of hydrogen-bond acceptors (Lipinski definition) is 1. The Hall–Kier alpha value is -1.00. The molecule has 17 heavy (non-hydrogen) atoms. The summed E-state index contributed by atoms with van der Waals surface area (Å²) >= 11 is 0. The molecule has 0 spiro atoms. The second kappa shape index (κ2) is 7.35. The van der Waals surface area contributed by atoms with Crippen molar-refractivity contribution in [2.75, 3.05) is 0 Å². The van der Waals surface area contributed by atoms with Gasteiger partial charge < -0.3 is 5.32 Å². The van der Waals surface area contributed by atoms with Gasteiger partial charge in [0.15, 0.2) is 0 Å². The van der Waals surface area contributed by atoms with E-state index in [9.17, 15) is 0 Å². The second-order valence-electron chi connectivity index (χ2n) is 4.00. The van der Waals surface area contributed by atoms with Crippen LogP contribution >= 0.6 is 0 Å². The molecule has 0 radical (unpaired) electrons. The molecule has 2 aromatic rings. The van der Waals surface area contributed by atoms with Crippen molar-refractivity contribution >= 4 is 18.9 Å². The van der Waals surface area contributed by atoms with Crippen LogP contribution in [0.1, 0.15) is 24.1 Å². The Bertz CT molecular complexity index is 413. The van der Waals surface area contributed by atoms with Crippen molar-refractivity contribution in [3.05, 3.63) is 71.8 Å². The summed E-state index contributed by atoms with van der Waals surface area (Å²) < 4.78 is 0. The number of nitrogens with one attached hydrogen (secondary N) is 1. The zero-order valence-corrected chi connectivity index (χ0v) is 9.56. The van der Waals surface area contributed by atoms with Crippen LogP contribution in [-0.4, -0.2) is 18.9 Å². The summed E-state index contributed by atoms with van der Waals surface area (Å²) in [5.74, 6) is 0. The Morgan fingerprint density at radius 2 is 1.41 bits per heavy atom. The van der Waals surface area contributed by atoms with Crippen molar-refractivity contribution in [2.24, 2.45) is 0 Å². The van der Waals surface area contributed by atoms with Gasteiger partial charge in [-0.1, -0.05) is 60.7 Å².